The number of para-hydroxylation sites is 1. The lowest BCUT2D eigenvalue weighted by Gasteiger charge is -2.32. The molecule has 0 aliphatic carbocycles. The molecule has 3 heterocycles. The number of aryl methyl sites for hydroxylation is 1. The molecule has 234 valence electrons. The largest absolute Gasteiger partial charge is 0.454 e. The van der Waals surface area contributed by atoms with Gasteiger partial charge in [0.15, 0.2) is 11.5 Å². The molecule has 0 atom stereocenters. The van der Waals surface area contributed by atoms with Crippen LogP contribution in [0, 0.1) is 12.8 Å². The van der Waals surface area contributed by atoms with Gasteiger partial charge in [-0.3, -0.25) is 10.1 Å². The molecule has 45 heavy (non-hydrogen) atoms. The first-order valence-corrected chi connectivity index (χ1v) is 15.6. The van der Waals surface area contributed by atoms with E-state index in [0.29, 0.717) is 23.9 Å². The Morgan fingerprint density at radius 1 is 0.911 bits per heavy atom. The number of carbonyl (C=O) groups excluding carboxylic acids is 2. The number of nitrogens with one attached hydrogen (secondary N) is 2. The third-order valence-electron chi connectivity index (χ3n) is 8.53. The second kappa shape index (κ2) is 12.7. The van der Waals surface area contributed by atoms with E-state index in [-0.39, 0.29) is 24.1 Å². The number of benzene rings is 3. The molecule has 2 N–H and O–H groups in total. The topological polar surface area (TPSA) is 97.7 Å². The molecular formula is C36H41N5O4. The number of rotatable bonds is 7. The minimum Gasteiger partial charge on any atom is -0.454 e. The highest BCUT2D eigenvalue weighted by Gasteiger charge is 2.25. The fraction of sp³-hybridized carbons (Fsp3) is 0.361. The summed E-state index contributed by atoms with van der Waals surface area (Å²) in [5.41, 5.74) is 5.55. The van der Waals surface area contributed by atoms with Crippen LogP contribution in [0.25, 0.3) is 5.69 Å². The van der Waals surface area contributed by atoms with Crippen molar-refractivity contribution in [2.75, 3.05) is 30.5 Å². The van der Waals surface area contributed by atoms with Gasteiger partial charge in [0.25, 0.3) is 0 Å². The predicted molar refractivity (Wildman–Crippen MR) is 175 cm³/mol. The Labute approximate surface area is 264 Å². The SMILES string of the molecule is Cc1ccc(-n2nc(C(C)(C)C)cc2NC(=O)Nc2ccccc2CC2CCN(C(=O)Cc3ccc4c(c3)OCO4)CC2)cc1. The van der Waals surface area contributed by atoms with E-state index in [4.69, 9.17) is 14.6 Å². The first-order chi connectivity index (χ1) is 21.6. The monoisotopic (exact) mass is 607 g/mol. The number of hydrogen-bond acceptors (Lipinski definition) is 5. The predicted octanol–water partition coefficient (Wildman–Crippen LogP) is 6.87. The van der Waals surface area contributed by atoms with E-state index in [2.05, 4.69) is 37.5 Å². The quantitative estimate of drug-likeness (QED) is 0.239. The molecular weight excluding hydrogens is 566 g/mol. The average Bonchev–Trinajstić information content (AvgIpc) is 3.66. The fourth-order valence-electron chi connectivity index (χ4n) is 5.84. The van der Waals surface area contributed by atoms with Crippen LogP contribution < -0.4 is 20.1 Å². The molecule has 0 spiro atoms. The summed E-state index contributed by atoms with van der Waals surface area (Å²) in [4.78, 5) is 28.3. The summed E-state index contributed by atoms with van der Waals surface area (Å²) in [7, 11) is 0. The number of likely N-dealkylation sites (tertiary alicyclic amines) is 1. The smallest absolute Gasteiger partial charge is 0.324 e. The van der Waals surface area contributed by atoms with Crippen molar-refractivity contribution in [3.63, 3.8) is 0 Å². The highest BCUT2D eigenvalue weighted by molar-refractivity contribution is 6.00. The Hall–Kier alpha value is -4.79. The van der Waals surface area contributed by atoms with Gasteiger partial charge in [-0.2, -0.15) is 5.10 Å². The molecule has 0 radical (unpaired) electrons. The molecule has 0 unspecified atom stereocenters. The number of ether oxygens (including phenoxy) is 2. The van der Waals surface area contributed by atoms with Crippen molar-refractivity contribution in [2.24, 2.45) is 5.92 Å². The van der Waals surface area contributed by atoms with Crippen LogP contribution in [0.1, 0.15) is 56.0 Å². The molecule has 3 aromatic carbocycles. The van der Waals surface area contributed by atoms with Crippen LogP contribution in [-0.2, 0) is 23.1 Å². The normalized spacial score (nSPS) is 14.8. The van der Waals surface area contributed by atoms with E-state index in [1.54, 1.807) is 4.68 Å². The molecule has 3 amide bonds. The molecule has 6 rings (SSSR count). The van der Waals surface area contributed by atoms with Crippen molar-refractivity contribution in [3.05, 3.63) is 95.2 Å². The van der Waals surface area contributed by atoms with Crippen molar-refractivity contribution in [1.29, 1.82) is 0 Å². The molecule has 0 bridgehead atoms. The lowest BCUT2D eigenvalue weighted by atomic mass is 9.89. The van der Waals surface area contributed by atoms with Crippen LogP contribution in [-0.4, -0.2) is 46.5 Å². The van der Waals surface area contributed by atoms with Crippen molar-refractivity contribution >= 4 is 23.4 Å². The van der Waals surface area contributed by atoms with Crippen LogP contribution in [0.3, 0.4) is 0 Å². The van der Waals surface area contributed by atoms with Gasteiger partial charge in [0, 0.05) is 30.3 Å². The Balaban J connectivity index is 1.07. The number of aromatic nitrogens is 2. The number of amides is 3. The first kappa shape index (κ1) is 30.2. The molecule has 1 saturated heterocycles. The standard InChI is InChI=1S/C36H41N5O4/c1-24-9-12-28(13-10-24)41-33(22-32(39-41)36(2,3)4)38-35(43)37-29-8-6-5-7-27(29)19-25-15-17-40(18-16-25)34(42)21-26-11-14-30-31(20-26)45-23-44-30/h5-14,20,22,25H,15-19,21,23H2,1-4H3,(H2,37,38,43). The Morgan fingerprint density at radius 3 is 2.40 bits per heavy atom. The molecule has 2 aliphatic heterocycles. The minimum atomic E-state index is -0.319. The van der Waals surface area contributed by atoms with Gasteiger partial charge in [-0.25, -0.2) is 9.48 Å². The molecule has 1 fully saturated rings. The molecule has 9 nitrogen and oxygen atoms in total. The number of fused-ring (bicyclic) bond motifs is 1. The lowest BCUT2D eigenvalue weighted by Crippen LogP contribution is -2.39. The maximum atomic E-state index is 13.3. The zero-order chi connectivity index (χ0) is 31.6. The van der Waals surface area contributed by atoms with Gasteiger partial charge in [-0.15, -0.1) is 0 Å². The van der Waals surface area contributed by atoms with Crippen LogP contribution in [0.4, 0.5) is 16.3 Å². The van der Waals surface area contributed by atoms with Gasteiger partial charge in [0.2, 0.25) is 12.7 Å². The number of piperidine rings is 1. The molecule has 2 aliphatic rings. The van der Waals surface area contributed by atoms with Gasteiger partial charge in [0.05, 0.1) is 17.8 Å². The molecule has 0 saturated carbocycles. The molecule has 1 aromatic heterocycles. The highest BCUT2D eigenvalue weighted by atomic mass is 16.7. The van der Waals surface area contributed by atoms with E-state index in [0.717, 1.165) is 71.9 Å². The van der Waals surface area contributed by atoms with E-state index >= 15 is 0 Å². The number of nitrogens with zero attached hydrogens (tertiary/aromatic N) is 3. The lowest BCUT2D eigenvalue weighted by molar-refractivity contribution is -0.131. The Kier molecular flexibility index (Phi) is 8.52. The average molecular weight is 608 g/mol. The first-order valence-electron chi connectivity index (χ1n) is 15.6. The van der Waals surface area contributed by atoms with E-state index in [9.17, 15) is 9.59 Å². The summed E-state index contributed by atoms with van der Waals surface area (Å²) in [5.74, 6) is 2.58. The highest BCUT2D eigenvalue weighted by Crippen LogP contribution is 2.33. The zero-order valence-corrected chi connectivity index (χ0v) is 26.4. The maximum Gasteiger partial charge on any atom is 0.324 e. The second-order valence-electron chi connectivity index (χ2n) is 13.0. The summed E-state index contributed by atoms with van der Waals surface area (Å²) in [6, 6.07) is 23.3. The number of anilines is 2. The zero-order valence-electron chi connectivity index (χ0n) is 26.4. The van der Waals surface area contributed by atoms with Crippen molar-refractivity contribution < 1.29 is 19.1 Å². The number of hydrogen-bond donors (Lipinski definition) is 2. The van der Waals surface area contributed by atoms with Crippen molar-refractivity contribution in [2.45, 2.75) is 58.8 Å². The van der Waals surface area contributed by atoms with Crippen molar-refractivity contribution in [3.8, 4) is 17.2 Å². The molecule has 4 aromatic rings. The van der Waals surface area contributed by atoms with Crippen molar-refractivity contribution in [1.82, 2.24) is 14.7 Å². The maximum absolute atomic E-state index is 13.3. The van der Waals surface area contributed by atoms with E-state index in [1.165, 1.54) is 0 Å². The van der Waals surface area contributed by atoms with Gasteiger partial charge in [-0.1, -0.05) is 62.7 Å². The van der Waals surface area contributed by atoms with Crippen LogP contribution in [0.5, 0.6) is 11.5 Å². The minimum absolute atomic E-state index is 0.130. The Morgan fingerprint density at radius 2 is 1.64 bits per heavy atom. The summed E-state index contributed by atoms with van der Waals surface area (Å²) in [6.07, 6.45) is 3.01. The van der Waals surface area contributed by atoms with Gasteiger partial charge in [-0.05, 0) is 73.6 Å². The van der Waals surface area contributed by atoms with Crippen LogP contribution in [0.15, 0.2) is 72.8 Å². The second-order valence-corrected chi connectivity index (χ2v) is 13.0. The molecule has 9 heteroatoms. The summed E-state index contributed by atoms with van der Waals surface area (Å²) >= 11 is 0. The summed E-state index contributed by atoms with van der Waals surface area (Å²) < 4.78 is 12.6. The van der Waals surface area contributed by atoms with Gasteiger partial charge >= 0.3 is 6.03 Å². The summed E-state index contributed by atoms with van der Waals surface area (Å²) in [6.45, 7) is 10.0. The van der Waals surface area contributed by atoms with E-state index in [1.807, 2.05) is 78.6 Å². The fourth-order valence-corrected chi connectivity index (χ4v) is 5.84. The van der Waals surface area contributed by atoms with Gasteiger partial charge in [0.1, 0.15) is 5.82 Å². The number of urea groups is 1. The van der Waals surface area contributed by atoms with E-state index < -0.39 is 0 Å². The number of carbonyl (C=O) groups is 2. The van der Waals surface area contributed by atoms with Gasteiger partial charge < -0.3 is 19.7 Å². The third kappa shape index (κ3) is 7.14. The summed E-state index contributed by atoms with van der Waals surface area (Å²) in [5, 5.41) is 10.9. The third-order valence-corrected chi connectivity index (χ3v) is 8.53. The van der Waals surface area contributed by atoms with Crippen LogP contribution in [0.2, 0.25) is 0 Å². The Bertz CT molecular complexity index is 1680. The van der Waals surface area contributed by atoms with Crippen LogP contribution >= 0.6 is 0 Å².